The number of hydrogen-bond donors (Lipinski definition) is 1. The minimum atomic E-state index is -0.146. The molecule has 2 heterocycles. The molecule has 2 aromatic rings. The molecule has 3 rings (SSSR count). The molecule has 0 saturated carbocycles. The topological polar surface area (TPSA) is 59.8 Å². The van der Waals surface area contributed by atoms with Crippen molar-refractivity contribution in [2.45, 2.75) is 37.7 Å². The van der Waals surface area contributed by atoms with Crippen LogP contribution in [0.5, 0.6) is 0 Å². The summed E-state index contributed by atoms with van der Waals surface area (Å²) in [6, 6.07) is 7.43. The molecule has 1 aliphatic heterocycles. The molecule has 1 aromatic heterocycles. The lowest BCUT2D eigenvalue weighted by Gasteiger charge is -2.14. The highest BCUT2D eigenvalue weighted by atomic mass is 79.9. The first-order chi connectivity index (χ1) is 10.2. The summed E-state index contributed by atoms with van der Waals surface area (Å²) in [5, 5.41) is 12.2. The Labute approximate surface area is 131 Å². The maximum absolute atomic E-state index is 12.3. The van der Waals surface area contributed by atoms with Crippen molar-refractivity contribution < 1.29 is 4.79 Å². The van der Waals surface area contributed by atoms with Crippen LogP contribution >= 0.6 is 15.9 Å². The normalized spacial score (nSPS) is 14.8. The molecule has 0 spiro atoms. The minimum Gasteiger partial charge on any atom is -0.342 e. The number of nitrogens with zero attached hydrogens (tertiary/aromatic N) is 3. The number of amides is 1. The van der Waals surface area contributed by atoms with E-state index in [4.69, 9.17) is 0 Å². The van der Waals surface area contributed by atoms with Crippen LogP contribution in [0.15, 0.2) is 24.3 Å². The van der Waals surface area contributed by atoms with Gasteiger partial charge in [0, 0.05) is 23.9 Å². The molecule has 0 fully saturated rings. The molecule has 0 bridgehead atoms. The molecule has 0 saturated heterocycles. The van der Waals surface area contributed by atoms with Gasteiger partial charge in [-0.1, -0.05) is 28.1 Å². The van der Waals surface area contributed by atoms with Crippen molar-refractivity contribution in [1.82, 2.24) is 20.1 Å². The van der Waals surface area contributed by atoms with E-state index in [0.29, 0.717) is 5.56 Å². The summed E-state index contributed by atoms with van der Waals surface area (Å²) >= 11 is 3.40. The lowest BCUT2D eigenvalue weighted by atomic mass is 10.1. The Balaban J connectivity index is 1.71. The molecule has 1 atom stereocenters. The molecule has 1 aliphatic rings. The van der Waals surface area contributed by atoms with Gasteiger partial charge in [-0.3, -0.25) is 4.79 Å². The largest absolute Gasteiger partial charge is 0.342 e. The first-order valence-corrected chi connectivity index (χ1v) is 8.19. The molecule has 6 heteroatoms. The lowest BCUT2D eigenvalue weighted by molar-refractivity contribution is 0.0937. The highest BCUT2D eigenvalue weighted by Gasteiger charge is 2.22. The SMILES string of the molecule is CC(NC(=O)c1ccc(CBr)cc1)c1nnc2n1CCC2. The molecule has 0 radical (unpaired) electrons. The van der Waals surface area contributed by atoms with Crippen molar-refractivity contribution in [1.29, 1.82) is 0 Å². The van der Waals surface area contributed by atoms with Crippen LogP contribution in [0, 0.1) is 0 Å². The average Bonchev–Trinajstić information content (AvgIpc) is 3.09. The number of aromatic nitrogens is 3. The van der Waals surface area contributed by atoms with Crippen molar-refractivity contribution in [3.8, 4) is 0 Å². The summed E-state index contributed by atoms with van der Waals surface area (Å²) in [4.78, 5) is 12.3. The second-order valence-electron chi connectivity index (χ2n) is 5.26. The number of rotatable bonds is 4. The smallest absolute Gasteiger partial charge is 0.251 e. The number of nitrogens with one attached hydrogen (secondary N) is 1. The van der Waals surface area contributed by atoms with Gasteiger partial charge in [-0.2, -0.15) is 0 Å². The van der Waals surface area contributed by atoms with Crippen molar-refractivity contribution in [2.75, 3.05) is 0 Å². The number of fused-ring (bicyclic) bond motifs is 1. The van der Waals surface area contributed by atoms with Crippen molar-refractivity contribution in [2.24, 2.45) is 0 Å². The van der Waals surface area contributed by atoms with Crippen molar-refractivity contribution in [3.63, 3.8) is 0 Å². The third-order valence-corrected chi connectivity index (χ3v) is 4.39. The molecule has 0 aliphatic carbocycles. The van der Waals surface area contributed by atoms with Crippen LogP contribution in [-0.4, -0.2) is 20.7 Å². The third-order valence-electron chi connectivity index (χ3n) is 3.74. The molecule has 1 N–H and O–H groups in total. The Bertz CT molecular complexity index is 650. The monoisotopic (exact) mass is 348 g/mol. The zero-order valence-corrected chi connectivity index (χ0v) is 13.4. The molecule has 1 aromatic carbocycles. The Hall–Kier alpha value is -1.69. The first-order valence-electron chi connectivity index (χ1n) is 7.07. The average molecular weight is 349 g/mol. The van der Waals surface area contributed by atoms with Crippen molar-refractivity contribution >= 4 is 21.8 Å². The summed E-state index contributed by atoms with van der Waals surface area (Å²) in [5.41, 5.74) is 1.81. The Kier molecular flexibility index (Phi) is 4.05. The van der Waals surface area contributed by atoms with Crippen LogP contribution in [0.25, 0.3) is 0 Å². The summed E-state index contributed by atoms with van der Waals surface area (Å²) < 4.78 is 2.11. The third kappa shape index (κ3) is 2.85. The fourth-order valence-electron chi connectivity index (χ4n) is 2.58. The summed E-state index contributed by atoms with van der Waals surface area (Å²) in [6.07, 6.45) is 2.08. The lowest BCUT2D eigenvalue weighted by Crippen LogP contribution is -2.28. The van der Waals surface area contributed by atoms with E-state index in [-0.39, 0.29) is 11.9 Å². The van der Waals surface area contributed by atoms with Gasteiger partial charge in [0.05, 0.1) is 6.04 Å². The molecule has 5 nitrogen and oxygen atoms in total. The van der Waals surface area contributed by atoms with Gasteiger partial charge < -0.3 is 9.88 Å². The number of carbonyl (C=O) groups is 1. The Morgan fingerprint density at radius 3 is 2.86 bits per heavy atom. The first kappa shape index (κ1) is 14.3. The highest BCUT2D eigenvalue weighted by molar-refractivity contribution is 9.08. The van der Waals surface area contributed by atoms with E-state index in [1.165, 1.54) is 0 Å². The van der Waals surface area contributed by atoms with Gasteiger partial charge in [-0.05, 0) is 31.0 Å². The molecule has 1 amide bonds. The van der Waals surface area contributed by atoms with Crippen LogP contribution in [0.2, 0.25) is 0 Å². The fraction of sp³-hybridized carbons (Fsp3) is 0.400. The van der Waals surface area contributed by atoms with Crippen LogP contribution in [0.3, 0.4) is 0 Å². The molecule has 21 heavy (non-hydrogen) atoms. The van der Waals surface area contributed by atoms with E-state index >= 15 is 0 Å². The number of hydrogen-bond acceptors (Lipinski definition) is 3. The maximum atomic E-state index is 12.3. The van der Waals surface area contributed by atoms with Crippen LogP contribution in [-0.2, 0) is 18.3 Å². The summed E-state index contributed by atoms with van der Waals surface area (Å²) in [5.74, 6) is 1.78. The second-order valence-corrected chi connectivity index (χ2v) is 5.82. The Morgan fingerprint density at radius 1 is 1.38 bits per heavy atom. The molecule has 1 unspecified atom stereocenters. The van der Waals surface area contributed by atoms with Gasteiger partial charge >= 0.3 is 0 Å². The number of aryl methyl sites for hydroxylation is 1. The van der Waals surface area contributed by atoms with E-state index < -0.39 is 0 Å². The summed E-state index contributed by atoms with van der Waals surface area (Å²) in [7, 11) is 0. The van der Waals surface area contributed by atoms with E-state index in [1.807, 2.05) is 31.2 Å². The van der Waals surface area contributed by atoms with E-state index in [0.717, 1.165) is 41.9 Å². The number of alkyl halides is 1. The number of carbonyl (C=O) groups excluding carboxylic acids is 1. The fourth-order valence-corrected chi connectivity index (χ4v) is 2.96. The molecular weight excluding hydrogens is 332 g/mol. The van der Waals surface area contributed by atoms with Crippen molar-refractivity contribution in [3.05, 3.63) is 47.0 Å². The highest BCUT2D eigenvalue weighted by Crippen LogP contribution is 2.19. The van der Waals surface area contributed by atoms with Crippen LogP contribution < -0.4 is 5.32 Å². The van der Waals surface area contributed by atoms with Crippen LogP contribution in [0.1, 0.15) is 47.0 Å². The molecule has 110 valence electrons. The Morgan fingerprint density at radius 2 is 2.14 bits per heavy atom. The molecular formula is C15H17BrN4O. The predicted molar refractivity (Wildman–Crippen MR) is 83.3 cm³/mol. The van der Waals surface area contributed by atoms with Gasteiger partial charge in [0.15, 0.2) is 5.82 Å². The number of benzene rings is 1. The standard InChI is InChI=1S/C15H17BrN4O/c1-10(14-19-18-13-3-2-8-20(13)14)17-15(21)12-6-4-11(9-16)5-7-12/h4-7,10H,2-3,8-9H2,1H3,(H,17,21). The second kappa shape index (κ2) is 5.97. The van der Waals surface area contributed by atoms with Gasteiger partial charge in [0.1, 0.15) is 5.82 Å². The zero-order chi connectivity index (χ0) is 14.8. The minimum absolute atomic E-state index is 0.0843. The van der Waals surface area contributed by atoms with Gasteiger partial charge in [0.2, 0.25) is 0 Å². The summed E-state index contributed by atoms with van der Waals surface area (Å²) in [6.45, 7) is 2.89. The van der Waals surface area contributed by atoms with E-state index in [1.54, 1.807) is 0 Å². The maximum Gasteiger partial charge on any atom is 0.251 e. The van der Waals surface area contributed by atoms with E-state index in [9.17, 15) is 4.79 Å². The van der Waals surface area contributed by atoms with Gasteiger partial charge in [-0.15, -0.1) is 10.2 Å². The van der Waals surface area contributed by atoms with E-state index in [2.05, 4.69) is 36.0 Å². The zero-order valence-electron chi connectivity index (χ0n) is 11.8. The van der Waals surface area contributed by atoms with Crippen LogP contribution in [0.4, 0.5) is 0 Å². The number of halogens is 1. The van der Waals surface area contributed by atoms with Gasteiger partial charge in [0.25, 0.3) is 5.91 Å². The predicted octanol–water partition coefficient (Wildman–Crippen LogP) is 2.61. The quantitative estimate of drug-likeness (QED) is 0.864. The van der Waals surface area contributed by atoms with Gasteiger partial charge in [-0.25, -0.2) is 0 Å².